The summed E-state index contributed by atoms with van der Waals surface area (Å²) in [5, 5.41) is 8.87. The van der Waals surface area contributed by atoms with Gasteiger partial charge < -0.3 is 14.2 Å². The number of rotatable bonds is 12. The molecule has 0 fully saturated rings. The maximum atomic E-state index is 12.9. The van der Waals surface area contributed by atoms with E-state index in [1.165, 1.54) is 0 Å². The van der Waals surface area contributed by atoms with Crippen LogP contribution in [0.25, 0.3) is 5.69 Å². The van der Waals surface area contributed by atoms with Crippen molar-refractivity contribution in [3.05, 3.63) is 84.7 Å². The molecular weight excluding hydrogens is 532 g/mol. The molecule has 0 spiro atoms. The minimum Gasteiger partial charge on any atom is -0.493 e. The van der Waals surface area contributed by atoms with Gasteiger partial charge in [0.1, 0.15) is 17.0 Å². The molecule has 0 aliphatic carbocycles. The Bertz CT molecular complexity index is 1370. The maximum absolute atomic E-state index is 12.9. The standard InChI is InChI=1S/C33H42N4O5/c1-8-9-15-20-40-29-19-14-13-18-26(29)27(28-23-37(36-35-28)25-16-11-10-12-17-25)21-24(22-30(38)41-32(2,3)4)34-31(39)42-33(5,6)7/h8,10-14,16-19,23,27H,1,9,15,20-22H2,2-7H3. The molecule has 3 rings (SSSR count). The van der Waals surface area contributed by atoms with Gasteiger partial charge in [0.05, 0.1) is 30.6 Å². The molecule has 9 nitrogen and oxygen atoms in total. The number of hydrogen-bond acceptors (Lipinski definition) is 7. The van der Waals surface area contributed by atoms with Gasteiger partial charge in [-0.3, -0.25) is 4.79 Å². The molecule has 42 heavy (non-hydrogen) atoms. The number of amides is 1. The van der Waals surface area contributed by atoms with Crippen molar-refractivity contribution in [2.45, 2.75) is 84.3 Å². The summed E-state index contributed by atoms with van der Waals surface area (Å²) in [5.41, 5.74) is 1.16. The number of para-hydroxylation sites is 2. The molecule has 2 aromatic carbocycles. The number of carbonyl (C=O) groups excluding carboxylic acids is 2. The van der Waals surface area contributed by atoms with E-state index in [1.54, 1.807) is 46.2 Å². The van der Waals surface area contributed by atoms with E-state index >= 15 is 0 Å². The highest BCUT2D eigenvalue weighted by Crippen LogP contribution is 2.35. The van der Waals surface area contributed by atoms with Gasteiger partial charge in [-0.1, -0.05) is 47.7 Å². The fourth-order valence-electron chi connectivity index (χ4n) is 4.18. The first-order valence-electron chi connectivity index (χ1n) is 14.2. The number of benzene rings is 2. The van der Waals surface area contributed by atoms with Gasteiger partial charge >= 0.3 is 12.1 Å². The first-order chi connectivity index (χ1) is 19.8. The van der Waals surface area contributed by atoms with Crippen LogP contribution < -0.4 is 4.74 Å². The predicted octanol–water partition coefficient (Wildman–Crippen LogP) is 7.24. The molecule has 0 aliphatic heterocycles. The molecule has 0 radical (unpaired) electrons. The number of aromatic nitrogens is 3. The molecule has 0 bridgehead atoms. The summed E-state index contributed by atoms with van der Waals surface area (Å²) in [5.74, 6) is -0.262. The number of ether oxygens (including phenoxy) is 3. The molecule has 0 aliphatic rings. The largest absolute Gasteiger partial charge is 0.493 e. The summed E-state index contributed by atoms with van der Waals surface area (Å²) >= 11 is 0. The van der Waals surface area contributed by atoms with Crippen LogP contribution in [0.5, 0.6) is 5.75 Å². The fraction of sp³-hybridized carbons (Fsp3) is 0.424. The monoisotopic (exact) mass is 574 g/mol. The van der Waals surface area contributed by atoms with E-state index in [4.69, 9.17) is 14.2 Å². The molecule has 1 unspecified atom stereocenters. The fourth-order valence-corrected chi connectivity index (χ4v) is 4.18. The predicted molar refractivity (Wildman–Crippen MR) is 163 cm³/mol. The number of carbonyl (C=O) groups is 2. The van der Waals surface area contributed by atoms with E-state index in [2.05, 4.69) is 21.9 Å². The minimum atomic E-state index is -0.776. The SMILES string of the molecule is C=CCCCOc1ccccc1C(CC(CC(=O)OC(C)(C)C)=NC(=O)OC(C)(C)C)c1cn(-c2ccccc2)nn1. The van der Waals surface area contributed by atoms with Gasteiger partial charge in [-0.2, -0.15) is 4.99 Å². The van der Waals surface area contributed by atoms with E-state index < -0.39 is 29.2 Å². The molecule has 1 heterocycles. The third-order valence-electron chi connectivity index (χ3n) is 5.84. The van der Waals surface area contributed by atoms with Crippen molar-refractivity contribution in [1.29, 1.82) is 0 Å². The van der Waals surface area contributed by atoms with Crippen LogP contribution in [-0.4, -0.2) is 50.6 Å². The smallest absolute Gasteiger partial charge is 0.434 e. The lowest BCUT2D eigenvalue weighted by Gasteiger charge is -2.22. The number of nitrogens with zero attached hydrogens (tertiary/aromatic N) is 4. The van der Waals surface area contributed by atoms with Crippen LogP contribution in [0.3, 0.4) is 0 Å². The van der Waals surface area contributed by atoms with Crippen LogP contribution >= 0.6 is 0 Å². The van der Waals surface area contributed by atoms with E-state index in [0.29, 0.717) is 23.8 Å². The van der Waals surface area contributed by atoms with E-state index in [0.717, 1.165) is 24.1 Å². The van der Waals surface area contributed by atoms with Crippen LogP contribution in [-0.2, 0) is 14.3 Å². The Morgan fingerprint density at radius 2 is 1.64 bits per heavy atom. The van der Waals surface area contributed by atoms with Crippen LogP contribution in [0.4, 0.5) is 4.79 Å². The van der Waals surface area contributed by atoms with Crippen molar-refractivity contribution in [3.63, 3.8) is 0 Å². The first kappa shape index (κ1) is 32.2. The van der Waals surface area contributed by atoms with Crippen molar-refractivity contribution in [1.82, 2.24) is 15.0 Å². The Labute approximate surface area is 248 Å². The average molecular weight is 575 g/mol. The van der Waals surface area contributed by atoms with Gasteiger partial charge in [-0.25, -0.2) is 9.48 Å². The molecule has 0 saturated heterocycles. The lowest BCUT2D eigenvalue weighted by atomic mass is 9.89. The molecule has 224 valence electrons. The molecular formula is C33H42N4O5. The van der Waals surface area contributed by atoms with E-state index in [1.807, 2.05) is 66.9 Å². The molecule has 0 saturated carbocycles. The van der Waals surface area contributed by atoms with Crippen LogP contribution in [0.15, 0.2) is 78.4 Å². The quantitative estimate of drug-likeness (QED) is 0.0971. The number of hydrogen-bond donors (Lipinski definition) is 0. The molecule has 1 atom stereocenters. The normalized spacial score (nSPS) is 12.9. The average Bonchev–Trinajstić information content (AvgIpc) is 3.38. The lowest BCUT2D eigenvalue weighted by Crippen LogP contribution is -2.27. The van der Waals surface area contributed by atoms with Crippen molar-refractivity contribution in [2.24, 2.45) is 4.99 Å². The van der Waals surface area contributed by atoms with Gasteiger partial charge in [0, 0.05) is 17.2 Å². The molecule has 0 N–H and O–H groups in total. The maximum Gasteiger partial charge on any atom is 0.434 e. The summed E-state index contributed by atoms with van der Waals surface area (Å²) in [6, 6.07) is 17.3. The first-order valence-corrected chi connectivity index (χ1v) is 14.2. The summed E-state index contributed by atoms with van der Waals surface area (Å²) in [6.07, 6.45) is 4.56. The zero-order valence-electron chi connectivity index (χ0n) is 25.5. The zero-order valence-corrected chi connectivity index (χ0v) is 25.5. The highest BCUT2D eigenvalue weighted by atomic mass is 16.6. The van der Waals surface area contributed by atoms with Crippen LogP contribution in [0.1, 0.15) is 84.4 Å². The molecule has 1 aromatic heterocycles. The van der Waals surface area contributed by atoms with Gasteiger partial charge in [0.15, 0.2) is 0 Å². The van der Waals surface area contributed by atoms with Gasteiger partial charge in [0.25, 0.3) is 0 Å². The number of esters is 1. The van der Waals surface area contributed by atoms with E-state index in [-0.39, 0.29) is 12.8 Å². The highest BCUT2D eigenvalue weighted by Gasteiger charge is 2.27. The van der Waals surface area contributed by atoms with Gasteiger partial charge in [-0.15, -0.1) is 11.7 Å². The van der Waals surface area contributed by atoms with Crippen molar-refractivity contribution in [2.75, 3.05) is 6.61 Å². The highest BCUT2D eigenvalue weighted by molar-refractivity contribution is 6.03. The Kier molecular flexibility index (Phi) is 11.2. The van der Waals surface area contributed by atoms with Gasteiger partial charge in [0.2, 0.25) is 0 Å². The Morgan fingerprint density at radius 1 is 0.976 bits per heavy atom. The Balaban J connectivity index is 2.05. The Morgan fingerprint density at radius 3 is 2.31 bits per heavy atom. The summed E-state index contributed by atoms with van der Waals surface area (Å²) < 4.78 is 18.9. The van der Waals surface area contributed by atoms with Crippen LogP contribution in [0, 0.1) is 0 Å². The van der Waals surface area contributed by atoms with Crippen molar-refractivity contribution >= 4 is 17.8 Å². The second-order valence-electron chi connectivity index (χ2n) is 11.9. The topological polar surface area (TPSA) is 105 Å². The third kappa shape index (κ3) is 10.6. The second-order valence-corrected chi connectivity index (χ2v) is 11.9. The second kappa shape index (κ2) is 14.6. The number of unbranched alkanes of at least 4 members (excludes halogenated alkanes) is 1. The third-order valence-corrected chi connectivity index (χ3v) is 5.84. The summed E-state index contributed by atoms with van der Waals surface area (Å²) in [6.45, 7) is 14.9. The summed E-state index contributed by atoms with van der Waals surface area (Å²) in [4.78, 5) is 30.0. The van der Waals surface area contributed by atoms with Crippen LogP contribution in [0.2, 0.25) is 0 Å². The molecule has 3 aromatic rings. The number of allylic oxidation sites excluding steroid dienone is 1. The lowest BCUT2D eigenvalue weighted by molar-refractivity contribution is -0.153. The van der Waals surface area contributed by atoms with Gasteiger partial charge in [-0.05, 0) is 79.0 Å². The molecule has 1 amide bonds. The summed E-state index contributed by atoms with van der Waals surface area (Å²) in [7, 11) is 0. The number of aliphatic imine (C=N–C) groups is 1. The zero-order chi connectivity index (χ0) is 30.8. The minimum absolute atomic E-state index is 0.180. The van der Waals surface area contributed by atoms with Crippen molar-refractivity contribution in [3.8, 4) is 11.4 Å². The Hall–Kier alpha value is -4.27. The van der Waals surface area contributed by atoms with E-state index in [9.17, 15) is 9.59 Å². The molecule has 9 heteroatoms. The van der Waals surface area contributed by atoms with Crippen molar-refractivity contribution < 1.29 is 23.8 Å².